The summed E-state index contributed by atoms with van der Waals surface area (Å²) in [6, 6.07) is 12.1. The Balaban J connectivity index is 1.80. The minimum atomic E-state index is -0.526. The fraction of sp³-hybridized carbons (Fsp3) is 0.400. The van der Waals surface area contributed by atoms with Crippen LogP contribution in [0.4, 0.5) is 11.4 Å². The molecule has 1 aliphatic heterocycles. The molecule has 0 spiro atoms. The molecule has 0 unspecified atom stereocenters. The summed E-state index contributed by atoms with van der Waals surface area (Å²) in [6.45, 7) is 5.14. The fourth-order valence-corrected chi connectivity index (χ4v) is 4.16. The van der Waals surface area contributed by atoms with Gasteiger partial charge in [-0.25, -0.2) is 9.78 Å². The van der Waals surface area contributed by atoms with Crippen molar-refractivity contribution in [1.29, 1.82) is 0 Å². The van der Waals surface area contributed by atoms with Gasteiger partial charge in [0.1, 0.15) is 11.8 Å². The molecule has 1 fully saturated rings. The van der Waals surface area contributed by atoms with E-state index in [1.54, 1.807) is 6.20 Å². The number of nitrogens with one attached hydrogen (secondary N) is 2. The molecule has 2 N–H and O–H groups in total. The fourth-order valence-electron chi connectivity index (χ4n) is 4.16. The zero-order valence-corrected chi connectivity index (χ0v) is 19.3. The molecule has 1 saturated heterocycles. The normalized spacial score (nSPS) is 15.7. The zero-order chi connectivity index (χ0) is 23.4. The summed E-state index contributed by atoms with van der Waals surface area (Å²) >= 11 is 0. The van der Waals surface area contributed by atoms with Gasteiger partial charge in [0.25, 0.3) is 5.91 Å². The number of aryl methyl sites for hydroxylation is 2. The highest BCUT2D eigenvalue weighted by Gasteiger charge is 2.30. The molecule has 1 amide bonds. The van der Waals surface area contributed by atoms with Gasteiger partial charge in [0.15, 0.2) is 5.69 Å². The molecular weight excluding hydrogens is 420 g/mol. The predicted octanol–water partition coefficient (Wildman–Crippen LogP) is 4.00. The van der Waals surface area contributed by atoms with Crippen molar-refractivity contribution in [3.63, 3.8) is 0 Å². The van der Waals surface area contributed by atoms with E-state index in [1.165, 1.54) is 7.11 Å². The van der Waals surface area contributed by atoms with Crippen LogP contribution in [-0.2, 0) is 27.2 Å². The highest BCUT2D eigenvalue weighted by Crippen LogP contribution is 2.33. The first-order chi connectivity index (χ1) is 16.0. The number of fused-ring (bicyclic) bond motifs is 1. The van der Waals surface area contributed by atoms with Gasteiger partial charge in [-0.2, -0.15) is 0 Å². The summed E-state index contributed by atoms with van der Waals surface area (Å²) in [6.07, 6.45) is 3.41. The van der Waals surface area contributed by atoms with Gasteiger partial charge >= 0.3 is 5.97 Å². The Morgan fingerprint density at radius 1 is 1.27 bits per heavy atom. The predicted molar refractivity (Wildman–Crippen MR) is 128 cm³/mol. The molecule has 8 nitrogen and oxygen atoms in total. The SMILES string of the molecule is COC(=O)c1c(NC(=O)[C@H]2CCCO2)c2cc(NC(C)C)cnc2n1CCc1ccccc1. The minimum Gasteiger partial charge on any atom is -0.464 e. The van der Waals surface area contributed by atoms with Crippen LogP contribution in [0.2, 0.25) is 0 Å². The summed E-state index contributed by atoms with van der Waals surface area (Å²) in [5, 5.41) is 6.97. The molecule has 0 saturated carbocycles. The van der Waals surface area contributed by atoms with Gasteiger partial charge in [-0.05, 0) is 44.7 Å². The van der Waals surface area contributed by atoms with E-state index in [4.69, 9.17) is 9.47 Å². The van der Waals surface area contributed by atoms with Gasteiger partial charge in [-0.3, -0.25) is 4.79 Å². The monoisotopic (exact) mass is 450 g/mol. The number of methoxy groups -OCH3 is 1. The largest absolute Gasteiger partial charge is 0.464 e. The van der Waals surface area contributed by atoms with Crippen molar-refractivity contribution in [3.8, 4) is 0 Å². The Bertz CT molecular complexity index is 1130. The van der Waals surface area contributed by atoms with Crippen LogP contribution in [0, 0.1) is 0 Å². The molecular formula is C25H30N4O4. The highest BCUT2D eigenvalue weighted by atomic mass is 16.5. The zero-order valence-electron chi connectivity index (χ0n) is 19.3. The second kappa shape index (κ2) is 10.0. The molecule has 0 bridgehead atoms. The lowest BCUT2D eigenvalue weighted by atomic mass is 10.1. The van der Waals surface area contributed by atoms with Crippen LogP contribution in [0.5, 0.6) is 0 Å². The maximum atomic E-state index is 12.9. The maximum Gasteiger partial charge on any atom is 0.356 e. The van der Waals surface area contributed by atoms with E-state index >= 15 is 0 Å². The second-order valence-electron chi connectivity index (χ2n) is 8.49. The van der Waals surface area contributed by atoms with E-state index in [-0.39, 0.29) is 17.6 Å². The lowest BCUT2D eigenvalue weighted by molar-refractivity contribution is -0.124. The van der Waals surface area contributed by atoms with Crippen molar-refractivity contribution >= 4 is 34.3 Å². The van der Waals surface area contributed by atoms with E-state index in [2.05, 4.69) is 15.6 Å². The van der Waals surface area contributed by atoms with E-state index < -0.39 is 12.1 Å². The third-order valence-electron chi connectivity index (χ3n) is 5.67. The number of ether oxygens (including phenoxy) is 2. The van der Waals surface area contributed by atoms with Crippen LogP contribution < -0.4 is 10.6 Å². The Morgan fingerprint density at radius 2 is 2.06 bits per heavy atom. The number of hydrogen-bond acceptors (Lipinski definition) is 6. The van der Waals surface area contributed by atoms with Crippen LogP contribution >= 0.6 is 0 Å². The summed E-state index contributed by atoms with van der Waals surface area (Å²) in [4.78, 5) is 30.5. The van der Waals surface area contributed by atoms with Crippen LogP contribution in [0.15, 0.2) is 42.6 Å². The third-order valence-corrected chi connectivity index (χ3v) is 5.67. The number of rotatable bonds is 8. The van der Waals surface area contributed by atoms with Gasteiger partial charge in [0, 0.05) is 24.6 Å². The minimum absolute atomic E-state index is 0.203. The number of aromatic nitrogens is 2. The van der Waals surface area contributed by atoms with Crippen LogP contribution in [-0.4, -0.2) is 47.3 Å². The molecule has 1 aromatic carbocycles. The summed E-state index contributed by atoms with van der Waals surface area (Å²) < 4.78 is 12.5. The van der Waals surface area contributed by atoms with Crippen LogP contribution in [0.1, 0.15) is 42.7 Å². The number of benzene rings is 1. The average molecular weight is 451 g/mol. The first-order valence-electron chi connectivity index (χ1n) is 11.3. The smallest absolute Gasteiger partial charge is 0.356 e. The molecule has 2 aromatic heterocycles. The molecule has 8 heteroatoms. The van der Waals surface area contributed by atoms with Crippen molar-refractivity contribution in [1.82, 2.24) is 9.55 Å². The molecule has 0 radical (unpaired) electrons. The van der Waals surface area contributed by atoms with Gasteiger partial charge in [0.2, 0.25) is 0 Å². The van der Waals surface area contributed by atoms with E-state index in [0.29, 0.717) is 42.7 Å². The van der Waals surface area contributed by atoms with Crippen LogP contribution in [0.25, 0.3) is 11.0 Å². The average Bonchev–Trinajstić information content (AvgIpc) is 3.45. The van der Waals surface area contributed by atoms with Crippen molar-refractivity contribution in [3.05, 3.63) is 53.9 Å². The Morgan fingerprint density at radius 3 is 2.73 bits per heavy atom. The second-order valence-corrected chi connectivity index (χ2v) is 8.49. The number of nitrogens with zero attached hydrogens (tertiary/aromatic N) is 2. The number of anilines is 2. The van der Waals surface area contributed by atoms with E-state index in [1.807, 2.05) is 54.8 Å². The summed E-state index contributed by atoms with van der Waals surface area (Å²) in [5.74, 6) is -0.788. The Kier molecular flexibility index (Phi) is 6.93. The third kappa shape index (κ3) is 5.01. The van der Waals surface area contributed by atoms with E-state index in [9.17, 15) is 9.59 Å². The van der Waals surface area contributed by atoms with Gasteiger partial charge < -0.3 is 24.7 Å². The first-order valence-corrected chi connectivity index (χ1v) is 11.3. The van der Waals surface area contributed by atoms with E-state index in [0.717, 1.165) is 17.7 Å². The number of amides is 1. The maximum absolute atomic E-state index is 12.9. The van der Waals surface area contributed by atoms with Gasteiger partial charge in [0.05, 0.1) is 24.7 Å². The molecule has 174 valence electrons. The highest BCUT2D eigenvalue weighted by molar-refractivity contribution is 6.12. The number of carbonyl (C=O) groups is 2. The molecule has 3 aromatic rings. The Hall–Kier alpha value is -3.39. The quantitative estimate of drug-likeness (QED) is 0.504. The summed E-state index contributed by atoms with van der Waals surface area (Å²) in [7, 11) is 1.34. The molecule has 33 heavy (non-hydrogen) atoms. The molecule has 1 atom stereocenters. The molecule has 0 aliphatic carbocycles. The number of pyridine rings is 1. The van der Waals surface area contributed by atoms with Crippen molar-refractivity contribution in [2.45, 2.75) is 51.8 Å². The van der Waals surface area contributed by atoms with Gasteiger partial charge in [-0.1, -0.05) is 30.3 Å². The Labute approximate surface area is 193 Å². The number of carbonyl (C=O) groups excluding carboxylic acids is 2. The van der Waals surface area contributed by atoms with Crippen molar-refractivity contribution in [2.24, 2.45) is 0 Å². The lowest BCUT2D eigenvalue weighted by Gasteiger charge is -2.13. The van der Waals surface area contributed by atoms with Gasteiger partial charge in [-0.15, -0.1) is 0 Å². The lowest BCUT2D eigenvalue weighted by Crippen LogP contribution is -2.28. The first kappa shape index (κ1) is 22.8. The molecule has 4 rings (SSSR count). The van der Waals surface area contributed by atoms with Crippen molar-refractivity contribution in [2.75, 3.05) is 24.4 Å². The topological polar surface area (TPSA) is 94.5 Å². The molecule has 3 heterocycles. The standard InChI is InChI=1S/C25H30N4O4/c1-16(2)27-18-14-19-21(28-24(30)20-10-7-13-33-20)22(25(31)32-3)29(23(19)26-15-18)12-11-17-8-5-4-6-9-17/h4-6,8-9,14-16,20,27H,7,10-13H2,1-3H3,(H,28,30)/t20-/m1/s1. The molecule has 1 aliphatic rings. The van der Waals surface area contributed by atoms with Crippen molar-refractivity contribution < 1.29 is 19.1 Å². The number of esters is 1. The summed E-state index contributed by atoms with van der Waals surface area (Å²) in [5.41, 5.74) is 3.25. The number of hydrogen-bond donors (Lipinski definition) is 2. The van der Waals surface area contributed by atoms with Crippen LogP contribution in [0.3, 0.4) is 0 Å².